The molecule has 0 aliphatic carbocycles. The number of amides is 1. The summed E-state index contributed by atoms with van der Waals surface area (Å²) in [6.45, 7) is 0.227. The molecular weight excluding hydrogens is 188 g/mol. The van der Waals surface area contributed by atoms with Crippen LogP contribution in [0.3, 0.4) is 0 Å². The zero-order valence-corrected chi connectivity index (χ0v) is 7.16. The maximum absolute atomic E-state index is 13.2. The molecule has 0 radical (unpaired) electrons. The number of benzene rings is 1. The van der Waals surface area contributed by atoms with Gasteiger partial charge in [-0.3, -0.25) is 4.79 Å². The Morgan fingerprint density at radius 1 is 1.64 bits per heavy atom. The highest BCUT2D eigenvalue weighted by Gasteiger charge is 2.28. The van der Waals surface area contributed by atoms with Crippen LogP contribution in [0.5, 0.6) is 0 Å². The minimum absolute atomic E-state index is 0.0939. The van der Waals surface area contributed by atoms with Crippen LogP contribution >= 0.6 is 0 Å². The van der Waals surface area contributed by atoms with Gasteiger partial charge in [-0.05, 0) is 23.2 Å². The Labute approximate surface area is 79.8 Å². The number of nitrogens with one attached hydrogen (secondary N) is 1. The first kappa shape index (κ1) is 9.17. The Morgan fingerprint density at radius 2 is 2.43 bits per heavy atom. The minimum Gasteiger partial charge on any atom is -0.423 e. The Kier molecular flexibility index (Phi) is 2.22. The van der Waals surface area contributed by atoms with E-state index in [-0.39, 0.29) is 12.3 Å². The van der Waals surface area contributed by atoms with Crippen LogP contribution in [0.2, 0.25) is 0 Å². The van der Waals surface area contributed by atoms with Gasteiger partial charge >= 0.3 is 7.12 Å². The van der Waals surface area contributed by atoms with Gasteiger partial charge in [0.15, 0.2) is 0 Å². The number of hydrogen-bond acceptors (Lipinski definition) is 3. The summed E-state index contributed by atoms with van der Waals surface area (Å²) in [4.78, 5) is 10.1. The molecule has 1 aromatic carbocycles. The number of halogens is 1. The molecule has 1 heterocycles. The van der Waals surface area contributed by atoms with Crippen LogP contribution in [0.4, 0.5) is 10.1 Å². The molecule has 0 saturated carbocycles. The van der Waals surface area contributed by atoms with Crippen molar-refractivity contribution in [2.45, 2.75) is 6.61 Å². The Hall–Kier alpha value is -1.40. The molecule has 0 spiro atoms. The van der Waals surface area contributed by atoms with E-state index >= 15 is 0 Å². The van der Waals surface area contributed by atoms with Crippen LogP contribution in [0.1, 0.15) is 5.56 Å². The van der Waals surface area contributed by atoms with E-state index in [0.717, 1.165) is 0 Å². The first-order chi connectivity index (χ1) is 6.72. The Balaban J connectivity index is 2.44. The summed E-state index contributed by atoms with van der Waals surface area (Å²) in [5, 5.41) is 11.5. The topological polar surface area (TPSA) is 58.6 Å². The molecule has 1 aliphatic heterocycles. The van der Waals surface area contributed by atoms with Crippen LogP contribution in [0, 0.1) is 5.82 Å². The lowest BCUT2D eigenvalue weighted by molar-refractivity contribution is -0.105. The van der Waals surface area contributed by atoms with Crippen molar-refractivity contribution in [3.63, 3.8) is 0 Å². The average molecular weight is 195 g/mol. The number of anilines is 1. The van der Waals surface area contributed by atoms with E-state index in [1.54, 1.807) is 0 Å². The van der Waals surface area contributed by atoms with E-state index < -0.39 is 12.9 Å². The quantitative estimate of drug-likeness (QED) is 0.499. The van der Waals surface area contributed by atoms with Gasteiger partial charge in [0.1, 0.15) is 5.82 Å². The van der Waals surface area contributed by atoms with Gasteiger partial charge in [-0.15, -0.1) is 0 Å². The van der Waals surface area contributed by atoms with Gasteiger partial charge in [0.2, 0.25) is 6.41 Å². The number of hydrogen-bond donors (Lipinski definition) is 2. The molecule has 1 aromatic rings. The lowest BCUT2D eigenvalue weighted by Gasteiger charge is -2.04. The first-order valence-electron chi connectivity index (χ1n) is 4.04. The van der Waals surface area contributed by atoms with Crippen molar-refractivity contribution >= 4 is 24.7 Å². The Bertz CT molecular complexity index is 385. The largest absolute Gasteiger partial charge is 0.491 e. The highest BCUT2D eigenvalue weighted by atomic mass is 19.1. The van der Waals surface area contributed by atoms with Crippen LogP contribution in [0.15, 0.2) is 12.1 Å². The molecule has 1 amide bonds. The lowest BCUT2D eigenvalue weighted by atomic mass is 9.79. The van der Waals surface area contributed by atoms with E-state index in [4.69, 9.17) is 4.65 Å². The van der Waals surface area contributed by atoms with E-state index in [2.05, 4.69) is 5.32 Å². The van der Waals surface area contributed by atoms with Gasteiger partial charge in [-0.25, -0.2) is 4.39 Å². The van der Waals surface area contributed by atoms with Gasteiger partial charge in [-0.1, -0.05) is 0 Å². The number of rotatable bonds is 2. The molecule has 14 heavy (non-hydrogen) atoms. The molecule has 72 valence electrons. The third-order valence-corrected chi connectivity index (χ3v) is 2.11. The summed E-state index contributed by atoms with van der Waals surface area (Å²) in [5.74, 6) is -0.583. The van der Waals surface area contributed by atoms with Crippen LogP contribution < -0.4 is 10.8 Å². The molecule has 2 rings (SSSR count). The molecule has 0 atom stereocenters. The zero-order chi connectivity index (χ0) is 10.1. The molecule has 0 aromatic heterocycles. The van der Waals surface area contributed by atoms with Crippen molar-refractivity contribution in [2.75, 3.05) is 5.32 Å². The Morgan fingerprint density at radius 3 is 3.14 bits per heavy atom. The van der Waals surface area contributed by atoms with Gasteiger partial charge in [0, 0.05) is 0 Å². The fourth-order valence-electron chi connectivity index (χ4n) is 1.42. The van der Waals surface area contributed by atoms with E-state index in [9.17, 15) is 14.2 Å². The second kappa shape index (κ2) is 3.40. The van der Waals surface area contributed by atoms with Crippen molar-refractivity contribution in [1.82, 2.24) is 0 Å². The third-order valence-electron chi connectivity index (χ3n) is 2.11. The molecule has 6 heteroatoms. The predicted octanol–water partition coefficient (Wildman–Crippen LogP) is -0.388. The van der Waals surface area contributed by atoms with Gasteiger partial charge in [-0.2, -0.15) is 0 Å². The normalized spacial score (nSPS) is 14.0. The average Bonchev–Trinajstić information content (AvgIpc) is 2.50. The third kappa shape index (κ3) is 1.38. The smallest absolute Gasteiger partial charge is 0.423 e. The zero-order valence-electron chi connectivity index (χ0n) is 7.16. The first-order valence-corrected chi connectivity index (χ1v) is 4.04. The molecule has 1 aliphatic rings. The number of carbonyl (C=O) groups excluding carboxylic acids is 1. The van der Waals surface area contributed by atoms with Crippen LogP contribution in [-0.2, 0) is 16.1 Å². The maximum atomic E-state index is 13.2. The van der Waals surface area contributed by atoms with E-state index in [1.807, 2.05) is 0 Å². The summed E-state index contributed by atoms with van der Waals surface area (Å²) in [6, 6.07) is 2.62. The number of fused-ring (bicyclic) bond motifs is 1. The molecule has 2 N–H and O–H groups in total. The van der Waals surface area contributed by atoms with Crippen molar-refractivity contribution in [3.05, 3.63) is 23.5 Å². The minimum atomic E-state index is -1.07. The van der Waals surface area contributed by atoms with E-state index in [0.29, 0.717) is 17.4 Å². The molecule has 0 fully saturated rings. The predicted molar refractivity (Wildman–Crippen MR) is 48.5 cm³/mol. The number of carbonyl (C=O) groups is 1. The molecule has 0 bridgehead atoms. The van der Waals surface area contributed by atoms with Crippen molar-refractivity contribution in [2.24, 2.45) is 0 Å². The summed E-state index contributed by atoms with van der Waals surface area (Å²) in [6.07, 6.45) is 0.400. The van der Waals surface area contributed by atoms with Crippen molar-refractivity contribution < 1.29 is 18.9 Å². The molecular formula is C8H7BFNO3. The van der Waals surface area contributed by atoms with Gasteiger partial charge in [0.05, 0.1) is 12.3 Å². The molecule has 4 nitrogen and oxygen atoms in total. The second-order valence-electron chi connectivity index (χ2n) is 2.96. The summed E-state index contributed by atoms with van der Waals surface area (Å²) in [7, 11) is -1.07. The maximum Gasteiger partial charge on any atom is 0.491 e. The van der Waals surface area contributed by atoms with Crippen LogP contribution in [0.25, 0.3) is 0 Å². The lowest BCUT2D eigenvalue weighted by Crippen LogP contribution is -2.28. The monoisotopic (exact) mass is 195 g/mol. The highest BCUT2D eigenvalue weighted by molar-refractivity contribution is 6.61. The summed E-state index contributed by atoms with van der Waals surface area (Å²) in [5.41, 5.74) is 1.19. The fraction of sp³-hybridized carbons (Fsp3) is 0.125. The van der Waals surface area contributed by atoms with E-state index in [1.165, 1.54) is 12.1 Å². The summed E-state index contributed by atoms with van der Waals surface area (Å²) < 4.78 is 18.1. The SMILES string of the molecule is O=CNc1cc2c(cc1F)B(O)OC2. The molecule has 0 unspecified atom stereocenters. The van der Waals surface area contributed by atoms with Crippen molar-refractivity contribution in [3.8, 4) is 0 Å². The van der Waals surface area contributed by atoms with Gasteiger partial charge in [0.25, 0.3) is 0 Å². The summed E-state index contributed by atoms with van der Waals surface area (Å²) >= 11 is 0. The van der Waals surface area contributed by atoms with Crippen LogP contribution in [-0.4, -0.2) is 18.6 Å². The fourth-order valence-corrected chi connectivity index (χ4v) is 1.42. The standard InChI is InChI=1S/C8H7BFNO3/c10-7-2-6-5(3-14-9(6)13)1-8(7)11-4-12/h1-2,4,13H,3H2,(H,11,12). The highest BCUT2D eigenvalue weighted by Crippen LogP contribution is 2.18. The van der Waals surface area contributed by atoms with Gasteiger partial charge < -0.3 is 15.0 Å². The van der Waals surface area contributed by atoms with Crippen molar-refractivity contribution in [1.29, 1.82) is 0 Å². The second-order valence-corrected chi connectivity index (χ2v) is 2.96. The molecule has 0 saturated heterocycles.